The molecule has 4 amide bonds. The molecule has 0 spiro atoms. The van der Waals surface area contributed by atoms with Crippen LogP contribution in [0.1, 0.15) is 42.0 Å². The van der Waals surface area contributed by atoms with E-state index in [0.717, 1.165) is 0 Å². The summed E-state index contributed by atoms with van der Waals surface area (Å²) < 4.78 is 0. The summed E-state index contributed by atoms with van der Waals surface area (Å²) in [6, 6.07) is 0. The van der Waals surface area contributed by atoms with Gasteiger partial charge in [-0.3, -0.25) is 19.2 Å². The highest BCUT2D eigenvalue weighted by molar-refractivity contribution is 5.72. The Morgan fingerprint density at radius 3 is 0.773 bits per heavy atom. The first-order valence-electron chi connectivity index (χ1n) is 6.39. The van der Waals surface area contributed by atoms with Gasteiger partial charge in [-0.2, -0.15) is 0 Å². The summed E-state index contributed by atoms with van der Waals surface area (Å²) in [6.07, 6.45) is 0.625. The third-order valence-electron chi connectivity index (χ3n) is 1.17. The van der Waals surface area contributed by atoms with Crippen LogP contribution in [0.2, 0.25) is 0 Å². The highest BCUT2D eigenvalue weighted by Gasteiger charge is 1.73. The molecular weight excluding hydrogens is 288 g/mol. The molecule has 0 aromatic rings. The number of carbonyl (C=O) groups excluding carboxylic acids is 4. The van der Waals surface area contributed by atoms with Crippen LogP contribution in [-0.2, 0) is 19.2 Å². The van der Waals surface area contributed by atoms with Gasteiger partial charge in [0.2, 0.25) is 24.1 Å². The van der Waals surface area contributed by atoms with E-state index in [0.29, 0.717) is 6.41 Å². The van der Waals surface area contributed by atoms with E-state index < -0.39 is 0 Å². The molecular formula is C14H36N4O4. The normalized spacial score (nSPS) is 5.86. The summed E-state index contributed by atoms with van der Waals surface area (Å²) in [6.45, 7) is 8.42. The van der Waals surface area contributed by atoms with Crippen LogP contribution in [0.4, 0.5) is 0 Å². The number of hydrogen-bond donors (Lipinski definition) is 4. The summed E-state index contributed by atoms with van der Waals surface area (Å²) >= 11 is 0. The Bertz CT molecular complexity index is 214. The summed E-state index contributed by atoms with van der Waals surface area (Å²) in [4.78, 5) is 38.2. The zero-order valence-corrected chi connectivity index (χ0v) is 14.7. The maximum Gasteiger partial charge on any atom is 0.216 e. The lowest BCUT2D eigenvalue weighted by atomic mass is 10.7. The van der Waals surface area contributed by atoms with Crippen molar-refractivity contribution in [2.45, 2.75) is 42.0 Å². The first-order chi connectivity index (χ1) is 9.72. The molecule has 0 bridgehead atoms. The van der Waals surface area contributed by atoms with Crippen molar-refractivity contribution in [3.8, 4) is 0 Å². The van der Waals surface area contributed by atoms with Gasteiger partial charge >= 0.3 is 0 Å². The standard InChI is InChI=1S/3C3H7NO.C2H5NO.C2H6.CH4/c3*1-3(5)4-2;1-3-2-4;1-2;/h3*1-2H3,(H,4,5);2H,1H3,(H,3,4);1-2H3;1H4. The molecule has 0 aliphatic rings. The van der Waals surface area contributed by atoms with E-state index in [1.807, 2.05) is 13.8 Å². The molecule has 0 aromatic heterocycles. The number of nitrogens with one attached hydrogen (secondary N) is 4. The van der Waals surface area contributed by atoms with Gasteiger partial charge in [0.05, 0.1) is 0 Å². The molecule has 0 aromatic carbocycles. The fourth-order valence-electron chi connectivity index (χ4n) is 0. The molecule has 0 aliphatic heterocycles. The quantitative estimate of drug-likeness (QED) is 0.518. The van der Waals surface area contributed by atoms with E-state index in [1.54, 1.807) is 28.2 Å². The average Bonchev–Trinajstić information content (AvgIpc) is 2.50. The molecule has 22 heavy (non-hydrogen) atoms. The van der Waals surface area contributed by atoms with Gasteiger partial charge in [0, 0.05) is 49.0 Å². The van der Waals surface area contributed by atoms with Gasteiger partial charge in [-0.15, -0.1) is 0 Å². The van der Waals surface area contributed by atoms with Crippen LogP contribution in [0.25, 0.3) is 0 Å². The van der Waals surface area contributed by atoms with Gasteiger partial charge in [0.25, 0.3) is 0 Å². The smallest absolute Gasteiger partial charge is 0.216 e. The Kier molecular flexibility index (Phi) is 71.5. The van der Waals surface area contributed by atoms with Crippen LogP contribution in [0.5, 0.6) is 0 Å². The third-order valence-corrected chi connectivity index (χ3v) is 1.17. The lowest BCUT2D eigenvalue weighted by molar-refractivity contribution is -0.119. The molecule has 8 nitrogen and oxygen atoms in total. The first kappa shape index (κ1) is 36.8. The number of amides is 4. The molecule has 0 heterocycles. The predicted molar refractivity (Wildman–Crippen MR) is 92.4 cm³/mol. The second kappa shape index (κ2) is 42.8. The van der Waals surface area contributed by atoms with E-state index in [9.17, 15) is 14.4 Å². The van der Waals surface area contributed by atoms with Crippen LogP contribution >= 0.6 is 0 Å². The maximum absolute atomic E-state index is 9.70. The number of hydrogen-bond acceptors (Lipinski definition) is 4. The van der Waals surface area contributed by atoms with Crippen molar-refractivity contribution in [3.63, 3.8) is 0 Å². The van der Waals surface area contributed by atoms with E-state index in [4.69, 9.17) is 4.79 Å². The van der Waals surface area contributed by atoms with Crippen LogP contribution in [-0.4, -0.2) is 52.3 Å². The Morgan fingerprint density at radius 2 is 0.773 bits per heavy atom. The van der Waals surface area contributed by atoms with Gasteiger partial charge in [-0.1, -0.05) is 21.3 Å². The van der Waals surface area contributed by atoms with Crippen molar-refractivity contribution in [2.75, 3.05) is 28.2 Å². The minimum Gasteiger partial charge on any atom is -0.362 e. The highest BCUT2D eigenvalue weighted by atomic mass is 16.2. The fourth-order valence-corrected chi connectivity index (χ4v) is 0. The van der Waals surface area contributed by atoms with Crippen LogP contribution in [0, 0.1) is 0 Å². The summed E-state index contributed by atoms with van der Waals surface area (Å²) in [5, 5.41) is 9.42. The second-order valence-electron chi connectivity index (χ2n) is 2.83. The predicted octanol–water partition coefficient (Wildman–Crippen LogP) is 0.281. The van der Waals surface area contributed by atoms with Gasteiger partial charge in [-0.05, 0) is 0 Å². The molecule has 0 rings (SSSR count). The van der Waals surface area contributed by atoms with Gasteiger partial charge in [0.1, 0.15) is 0 Å². The monoisotopic (exact) mass is 324 g/mol. The zero-order valence-electron chi connectivity index (χ0n) is 14.7. The largest absolute Gasteiger partial charge is 0.362 e. The third kappa shape index (κ3) is 214. The average molecular weight is 324 g/mol. The van der Waals surface area contributed by atoms with Crippen molar-refractivity contribution in [3.05, 3.63) is 0 Å². The van der Waals surface area contributed by atoms with Crippen LogP contribution in [0.15, 0.2) is 0 Å². The molecule has 0 unspecified atom stereocenters. The summed E-state index contributed by atoms with van der Waals surface area (Å²) in [5.41, 5.74) is 0. The molecule has 0 saturated heterocycles. The molecule has 4 N–H and O–H groups in total. The van der Waals surface area contributed by atoms with Crippen LogP contribution < -0.4 is 21.3 Å². The summed E-state index contributed by atoms with van der Waals surface area (Å²) in [5.74, 6) is 0.0139. The van der Waals surface area contributed by atoms with Crippen molar-refractivity contribution in [1.82, 2.24) is 21.3 Å². The Morgan fingerprint density at radius 1 is 0.682 bits per heavy atom. The zero-order chi connectivity index (χ0) is 18.3. The summed E-state index contributed by atoms with van der Waals surface area (Å²) in [7, 11) is 6.36. The Labute approximate surface area is 135 Å². The second-order valence-corrected chi connectivity index (χ2v) is 2.83. The first-order valence-corrected chi connectivity index (χ1v) is 6.39. The molecule has 8 heteroatoms. The molecule has 0 atom stereocenters. The van der Waals surface area contributed by atoms with E-state index >= 15 is 0 Å². The van der Waals surface area contributed by atoms with Crippen molar-refractivity contribution in [2.24, 2.45) is 0 Å². The fraction of sp³-hybridized carbons (Fsp3) is 0.714. The number of carbonyl (C=O) groups is 4. The Balaban J connectivity index is -0.0000000369. The lowest BCUT2D eigenvalue weighted by Gasteiger charge is -1.80. The maximum atomic E-state index is 9.70. The molecule has 0 aliphatic carbocycles. The molecule has 0 saturated carbocycles. The Hall–Kier alpha value is -2.12. The van der Waals surface area contributed by atoms with Crippen molar-refractivity contribution >= 4 is 24.1 Å². The van der Waals surface area contributed by atoms with Crippen molar-refractivity contribution < 1.29 is 19.2 Å². The van der Waals surface area contributed by atoms with Gasteiger partial charge < -0.3 is 21.3 Å². The topological polar surface area (TPSA) is 116 Å². The van der Waals surface area contributed by atoms with Gasteiger partial charge in [-0.25, -0.2) is 0 Å². The number of rotatable bonds is 1. The minimum absolute atomic E-state index is 0. The lowest BCUT2D eigenvalue weighted by Crippen LogP contribution is -2.11. The van der Waals surface area contributed by atoms with E-state index in [1.165, 1.54) is 20.8 Å². The molecule has 0 radical (unpaired) electrons. The SMILES string of the molecule is C.CC.CNC(C)=O.CNC(C)=O.CNC(C)=O.CNC=O. The molecule has 0 fully saturated rings. The van der Waals surface area contributed by atoms with E-state index in [-0.39, 0.29) is 25.1 Å². The van der Waals surface area contributed by atoms with Crippen LogP contribution in [0.3, 0.4) is 0 Å². The molecule has 136 valence electrons. The van der Waals surface area contributed by atoms with E-state index in [2.05, 4.69) is 21.3 Å². The van der Waals surface area contributed by atoms with Gasteiger partial charge in [0.15, 0.2) is 0 Å². The highest BCUT2D eigenvalue weighted by Crippen LogP contribution is 1.46. The van der Waals surface area contributed by atoms with Crippen molar-refractivity contribution in [1.29, 1.82) is 0 Å². The minimum atomic E-state index is 0.